The Morgan fingerprint density at radius 2 is 1.74 bits per heavy atom. The molecule has 0 aromatic heterocycles. The molecule has 3 nitrogen and oxygen atoms in total. The maximum Gasteiger partial charge on any atom is 0.126 e. The van der Waals surface area contributed by atoms with Crippen molar-refractivity contribution in [2.24, 2.45) is 0 Å². The molecule has 0 unspecified atom stereocenters. The average molecular weight is 428 g/mol. The number of piperidine rings is 1. The van der Waals surface area contributed by atoms with Crippen LogP contribution < -0.4 is 0 Å². The summed E-state index contributed by atoms with van der Waals surface area (Å²) in [7, 11) is 2.23. The number of hydrogen-bond donors (Lipinski definition) is 0. The maximum absolute atomic E-state index is 14.1. The summed E-state index contributed by atoms with van der Waals surface area (Å²) in [6.07, 6.45) is 12.9. The molecule has 3 fully saturated rings. The lowest BCUT2D eigenvalue weighted by Crippen LogP contribution is -2.50. The molecule has 1 aromatic rings. The lowest BCUT2D eigenvalue weighted by molar-refractivity contribution is 0.0873. The smallest absolute Gasteiger partial charge is 0.126 e. The molecule has 2 aliphatic heterocycles. The summed E-state index contributed by atoms with van der Waals surface area (Å²) in [6, 6.07) is 7.53. The number of rotatable bonds is 6. The molecule has 3 aliphatic rings. The zero-order chi connectivity index (χ0) is 21.8. The van der Waals surface area contributed by atoms with Crippen LogP contribution in [-0.2, 0) is 0 Å². The third-order valence-corrected chi connectivity index (χ3v) is 8.28. The van der Waals surface area contributed by atoms with Crippen LogP contribution in [0.5, 0.6) is 0 Å². The first-order chi connectivity index (χ1) is 15.0. The highest BCUT2D eigenvalue weighted by Crippen LogP contribution is 2.35. The van der Waals surface area contributed by atoms with E-state index >= 15 is 0 Å². The predicted octanol–water partition coefficient (Wildman–Crippen LogP) is 5.90. The summed E-state index contributed by atoms with van der Waals surface area (Å²) in [5, 5.41) is 0. The van der Waals surface area contributed by atoms with E-state index in [1.807, 2.05) is 13.0 Å². The number of nitrogens with zero attached hydrogens (tertiary/aromatic N) is 3. The molecular formula is C27H42FN3. The molecule has 2 atom stereocenters. The number of aryl methyl sites for hydroxylation is 1. The number of benzene rings is 1. The number of hydrogen-bond acceptors (Lipinski definition) is 3. The first-order valence-corrected chi connectivity index (χ1v) is 12.7. The van der Waals surface area contributed by atoms with Gasteiger partial charge in [-0.1, -0.05) is 38.0 Å². The Kier molecular flexibility index (Phi) is 7.71. The summed E-state index contributed by atoms with van der Waals surface area (Å²) >= 11 is 0. The van der Waals surface area contributed by atoms with Gasteiger partial charge in [0, 0.05) is 50.0 Å². The van der Waals surface area contributed by atoms with Crippen molar-refractivity contribution in [2.75, 3.05) is 33.2 Å². The van der Waals surface area contributed by atoms with Crippen LogP contribution in [0.2, 0.25) is 0 Å². The largest absolute Gasteiger partial charge is 0.373 e. The van der Waals surface area contributed by atoms with Gasteiger partial charge in [0.05, 0.1) is 0 Å². The minimum absolute atomic E-state index is 0.0752. The van der Waals surface area contributed by atoms with Gasteiger partial charge in [0.25, 0.3) is 0 Å². The number of halogens is 1. The molecule has 0 spiro atoms. The normalized spacial score (nSPS) is 26.9. The highest BCUT2D eigenvalue weighted by molar-refractivity contribution is 5.26. The van der Waals surface area contributed by atoms with Gasteiger partial charge in [-0.05, 0) is 76.1 Å². The quantitative estimate of drug-likeness (QED) is 0.559. The molecule has 0 bridgehead atoms. The Morgan fingerprint density at radius 1 is 1.00 bits per heavy atom. The lowest BCUT2D eigenvalue weighted by atomic mass is 9.89. The van der Waals surface area contributed by atoms with Crippen LogP contribution in [0.1, 0.15) is 81.4 Å². The Labute approximate surface area is 189 Å². The molecule has 1 aromatic carbocycles. The third kappa shape index (κ3) is 5.51. The van der Waals surface area contributed by atoms with Gasteiger partial charge < -0.3 is 4.90 Å². The molecule has 0 N–H and O–H groups in total. The van der Waals surface area contributed by atoms with E-state index < -0.39 is 0 Å². The van der Waals surface area contributed by atoms with Crippen molar-refractivity contribution in [3.05, 3.63) is 47.4 Å². The standard InChI is InChI=1S/C27H42FN3/c1-21-12-14-23(20-26(21)28)27-11-7-10-24(29(27)3)15-13-22(2)30-16-18-31(19-17-30)25-8-5-4-6-9-25/h12,14,20,24-25,27H,2,4-11,13,15-19H2,1,3H3/t24-,27+/m1/s1. The molecule has 1 saturated carbocycles. The zero-order valence-corrected chi connectivity index (χ0v) is 19.8. The fraction of sp³-hybridized carbons (Fsp3) is 0.704. The number of allylic oxidation sites excluding steroid dienone is 1. The van der Waals surface area contributed by atoms with Crippen molar-refractivity contribution in [1.82, 2.24) is 14.7 Å². The molecule has 0 radical (unpaired) electrons. The molecule has 172 valence electrons. The van der Waals surface area contributed by atoms with E-state index in [9.17, 15) is 4.39 Å². The lowest BCUT2D eigenvalue weighted by Gasteiger charge is -2.43. The van der Waals surface area contributed by atoms with E-state index in [0.717, 1.165) is 49.5 Å². The van der Waals surface area contributed by atoms with E-state index in [-0.39, 0.29) is 5.82 Å². The molecule has 2 saturated heterocycles. The SMILES string of the molecule is C=C(CC[C@H]1CCC[C@@H](c2ccc(C)c(F)c2)N1C)N1CCN(C2CCCCC2)CC1. The Morgan fingerprint density at radius 3 is 2.45 bits per heavy atom. The average Bonchev–Trinajstić information content (AvgIpc) is 2.81. The van der Waals surface area contributed by atoms with Crippen molar-refractivity contribution in [2.45, 2.75) is 89.3 Å². The Hall–Kier alpha value is -1.39. The third-order valence-electron chi connectivity index (χ3n) is 8.28. The fourth-order valence-corrected chi connectivity index (χ4v) is 6.12. The van der Waals surface area contributed by atoms with E-state index in [1.54, 1.807) is 6.07 Å². The number of likely N-dealkylation sites (tertiary alicyclic amines) is 1. The maximum atomic E-state index is 14.1. The molecular weight excluding hydrogens is 385 g/mol. The summed E-state index contributed by atoms with van der Waals surface area (Å²) < 4.78 is 14.1. The fourth-order valence-electron chi connectivity index (χ4n) is 6.12. The molecule has 2 heterocycles. The van der Waals surface area contributed by atoms with E-state index in [0.29, 0.717) is 12.1 Å². The first kappa shape index (κ1) is 22.8. The second-order valence-electron chi connectivity index (χ2n) is 10.2. The summed E-state index contributed by atoms with van der Waals surface area (Å²) in [5.41, 5.74) is 3.19. The molecule has 0 amide bonds. The van der Waals surface area contributed by atoms with E-state index in [4.69, 9.17) is 0 Å². The van der Waals surface area contributed by atoms with Crippen LogP contribution in [-0.4, -0.2) is 60.0 Å². The van der Waals surface area contributed by atoms with Crippen LogP contribution in [0, 0.1) is 12.7 Å². The van der Waals surface area contributed by atoms with Gasteiger partial charge in [-0.25, -0.2) is 4.39 Å². The first-order valence-electron chi connectivity index (χ1n) is 12.7. The Balaban J connectivity index is 1.25. The van der Waals surface area contributed by atoms with Crippen LogP contribution in [0.3, 0.4) is 0 Å². The molecule has 1 aliphatic carbocycles. The van der Waals surface area contributed by atoms with Gasteiger partial charge in [-0.15, -0.1) is 0 Å². The van der Waals surface area contributed by atoms with Gasteiger partial charge in [0.15, 0.2) is 0 Å². The summed E-state index contributed by atoms with van der Waals surface area (Å²) in [6.45, 7) is 11.0. The molecule has 31 heavy (non-hydrogen) atoms. The topological polar surface area (TPSA) is 9.72 Å². The van der Waals surface area contributed by atoms with E-state index in [1.165, 1.54) is 63.7 Å². The summed E-state index contributed by atoms with van der Waals surface area (Å²) in [5.74, 6) is -0.0752. The monoisotopic (exact) mass is 427 g/mol. The van der Waals surface area contributed by atoms with Crippen LogP contribution in [0.4, 0.5) is 4.39 Å². The van der Waals surface area contributed by atoms with Gasteiger partial charge >= 0.3 is 0 Å². The van der Waals surface area contributed by atoms with Gasteiger partial charge in [0.2, 0.25) is 0 Å². The van der Waals surface area contributed by atoms with Gasteiger partial charge in [-0.3, -0.25) is 9.80 Å². The highest BCUT2D eigenvalue weighted by atomic mass is 19.1. The minimum atomic E-state index is -0.0752. The van der Waals surface area contributed by atoms with Crippen molar-refractivity contribution >= 4 is 0 Å². The van der Waals surface area contributed by atoms with Crippen molar-refractivity contribution in [3.8, 4) is 0 Å². The van der Waals surface area contributed by atoms with Crippen LogP contribution in [0.25, 0.3) is 0 Å². The van der Waals surface area contributed by atoms with Crippen LogP contribution >= 0.6 is 0 Å². The van der Waals surface area contributed by atoms with Gasteiger partial charge in [0.1, 0.15) is 5.82 Å². The zero-order valence-electron chi connectivity index (χ0n) is 19.8. The number of piperazine rings is 1. The predicted molar refractivity (Wildman–Crippen MR) is 128 cm³/mol. The summed E-state index contributed by atoms with van der Waals surface area (Å²) in [4.78, 5) is 7.78. The van der Waals surface area contributed by atoms with Crippen molar-refractivity contribution < 1.29 is 4.39 Å². The Bertz CT molecular complexity index is 734. The molecule has 4 rings (SSSR count). The highest BCUT2D eigenvalue weighted by Gasteiger charge is 2.30. The van der Waals surface area contributed by atoms with E-state index in [2.05, 4.69) is 34.4 Å². The van der Waals surface area contributed by atoms with Gasteiger partial charge in [-0.2, -0.15) is 0 Å². The van der Waals surface area contributed by atoms with Crippen molar-refractivity contribution in [3.63, 3.8) is 0 Å². The van der Waals surface area contributed by atoms with Crippen molar-refractivity contribution in [1.29, 1.82) is 0 Å². The second-order valence-corrected chi connectivity index (χ2v) is 10.2. The minimum Gasteiger partial charge on any atom is -0.373 e. The molecule has 4 heteroatoms. The van der Waals surface area contributed by atoms with Crippen LogP contribution in [0.15, 0.2) is 30.5 Å². The second kappa shape index (κ2) is 10.5.